The SMILES string of the molecule is Cc1cc(C(O)C(N)CCO)ccc1O. The molecule has 5 N–H and O–H groups in total. The van der Waals surface area contributed by atoms with Crippen molar-refractivity contribution in [2.45, 2.75) is 25.5 Å². The van der Waals surface area contributed by atoms with Gasteiger partial charge in [-0.3, -0.25) is 0 Å². The summed E-state index contributed by atoms with van der Waals surface area (Å²) in [4.78, 5) is 0. The molecule has 4 nitrogen and oxygen atoms in total. The Morgan fingerprint density at radius 1 is 1.40 bits per heavy atom. The molecule has 0 amide bonds. The lowest BCUT2D eigenvalue weighted by atomic mass is 9.99. The van der Waals surface area contributed by atoms with Gasteiger partial charge in [0.25, 0.3) is 0 Å². The van der Waals surface area contributed by atoms with Crippen LogP contribution in [0.5, 0.6) is 5.75 Å². The van der Waals surface area contributed by atoms with Crippen molar-refractivity contribution in [1.29, 1.82) is 0 Å². The minimum Gasteiger partial charge on any atom is -0.508 e. The minimum atomic E-state index is -0.809. The first-order chi connectivity index (χ1) is 7.06. The summed E-state index contributed by atoms with van der Waals surface area (Å²) in [6, 6.07) is 4.36. The monoisotopic (exact) mass is 211 g/mol. The van der Waals surface area contributed by atoms with Gasteiger partial charge in [-0.15, -0.1) is 0 Å². The van der Waals surface area contributed by atoms with Gasteiger partial charge in [0.1, 0.15) is 5.75 Å². The van der Waals surface area contributed by atoms with Crippen LogP contribution in [-0.4, -0.2) is 28.0 Å². The summed E-state index contributed by atoms with van der Waals surface area (Å²) in [5, 5.41) is 27.8. The van der Waals surface area contributed by atoms with E-state index in [-0.39, 0.29) is 12.4 Å². The number of phenolic OH excluding ortho intramolecular Hbond substituents is 1. The summed E-state index contributed by atoms with van der Waals surface area (Å²) in [6.07, 6.45) is -0.461. The summed E-state index contributed by atoms with van der Waals surface area (Å²) in [5.41, 5.74) is 7.03. The number of benzene rings is 1. The molecule has 4 heteroatoms. The normalized spacial score (nSPS) is 14.9. The molecule has 1 aromatic rings. The van der Waals surface area contributed by atoms with Crippen molar-refractivity contribution >= 4 is 0 Å². The highest BCUT2D eigenvalue weighted by molar-refractivity contribution is 5.36. The van der Waals surface area contributed by atoms with Gasteiger partial charge in [-0.05, 0) is 36.6 Å². The Morgan fingerprint density at radius 2 is 2.07 bits per heavy atom. The zero-order valence-electron chi connectivity index (χ0n) is 8.72. The highest BCUT2D eigenvalue weighted by Gasteiger charge is 2.16. The van der Waals surface area contributed by atoms with E-state index < -0.39 is 12.1 Å². The highest BCUT2D eigenvalue weighted by Crippen LogP contribution is 2.23. The third-order valence-corrected chi connectivity index (χ3v) is 2.43. The number of hydrogen-bond acceptors (Lipinski definition) is 4. The average Bonchev–Trinajstić information content (AvgIpc) is 2.21. The molecule has 0 aliphatic rings. The number of nitrogens with two attached hydrogens (primary N) is 1. The van der Waals surface area contributed by atoms with Crippen molar-refractivity contribution in [3.8, 4) is 5.75 Å². The Kier molecular flexibility index (Phi) is 4.08. The van der Waals surface area contributed by atoms with Crippen molar-refractivity contribution < 1.29 is 15.3 Å². The lowest BCUT2D eigenvalue weighted by Gasteiger charge is -2.18. The van der Waals surface area contributed by atoms with Gasteiger partial charge in [0, 0.05) is 12.6 Å². The molecule has 2 atom stereocenters. The number of aryl methyl sites for hydroxylation is 1. The van der Waals surface area contributed by atoms with E-state index >= 15 is 0 Å². The van der Waals surface area contributed by atoms with Crippen molar-refractivity contribution in [3.63, 3.8) is 0 Å². The van der Waals surface area contributed by atoms with E-state index in [0.717, 1.165) is 0 Å². The topological polar surface area (TPSA) is 86.7 Å². The largest absolute Gasteiger partial charge is 0.508 e. The van der Waals surface area contributed by atoms with Gasteiger partial charge in [-0.25, -0.2) is 0 Å². The van der Waals surface area contributed by atoms with E-state index in [0.29, 0.717) is 17.5 Å². The van der Waals surface area contributed by atoms with E-state index in [4.69, 9.17) is 10.8 Å². The number of aromatic hydroxyl groups is 1. The summed E-state index contributed by atoms with van der Waals surface area (Å²) >= 11 is 0. The highest BCUT2D eigenvalue weighted by atomic mass is 16.3. The lowest BCUT2D eigenvalue weighted by molar-refractivity contribution is 0.129. The molecule has 84 valence electrons. The zero-order chi connectivity index (χ0) is 11.4. The van der Waals surface area contributed by atoms with E-state index in [9.17, 15) is 10.2 Å². The van der Waals surface area contributed by atoms with Crippen LogP contribution >= 0.6 is 0 Å². The molecular formula is C11H17NO3. The van der Waals surface area contributed by atoms with Crippen LogP contribution in [-0.2, 0) is 0 Å². The Hall–Kier alpha value is -1.10. The Morgan fingerprint density at radius 3 is 2.60 bits per heavy atom. The van der Waals surface area contributed by atoms with Crippen LogP contribution in [0.4, 0.5) is 0 Å². The lowest BCUT2D eigenvalue weighted by Crippen LogP contribution is -2.29. The predicted molar refractivity (Wildman–Crippen MR) is 57.5 cm³/mol. The van der Waals surface area contributed by atoms with Crippen LogP contribution < -0.4 is 5.73 Å². The van der Waals surface area contributed by atoms with Gasteiger partial charge in [0.15, 0.2) is 0 Å². The van der Waals surface area contributed by atoms with Gasteiger partial charge >= 0.3 is 0 Å². The second-order valence-corrected chi connectivity index (χ2v) is 3.67. The molecule has 0 saturated carbocycles. The molecule has 0 heterocycles. The first-order valence-electron chi connectivity index (χ1n) is 4.90. The molecule has 0 fully saturated rings. The fraction of sp³-hybridized carbons (Fsp3) is 0.455. The van der Waals surface area contributed by atoms with E-state index in [2.05, 4.69) is 0 Å². The van der Waals surface area contributed by atoms with Gasteiger partial charge in [0.2, 0.25) is 0 Å². The van der Waals surface area contributed by atoms with Gasteiger partial charge in [-0.1, -0.05) is 6.07 Å². The van der Waals surface area contributed by atoms with Crippen LogP contribution in [0.2, 0.25) is 0 Å². The molecule has 0 radical (unpaired) electrons. The van der Waals surface area contributed by atoms with Crippen molar-refractivity contribution in [2.75, 3.05) is 6.61 Å². The maximum atomic E-state index is 9.82. The molecule has 15 heavy (non-hydrogen) atoms. The number of hydrogen-bond donors (Lipinski definition) is 4. The summed E-state index contributed by atoms with van der Waals surface area (Å²) in [6.45, 7) is 1.71. The molecule has 0 bridgehead atoms. The van der Waals surface area contributed by atoms with E-state index in [1.807, 2.05) is 0 Å². The number of aliphatic hydroxyl groups excluding tert-OH is 2. The number of phenols is 1. The molecule has 1 aromatic carbocycles. The second-order valence-electron chi connectivity index (χ2n) is 3.67. The van der Waals surface area contributed by atoms with Crippen LogP contribution in [0.25, 0.3) is 0 Å². The number of aliphatic hydroxyl groups is 2. The Labute approximate surface area is 89.0 Å². The Balaban J connectivity index is 2.81. The number of rotatable bonds is 4. The quantitative estimate of drug-likeness (QED) is 0.582. The van der Waals surface area contributed by atoms with Gasteiger partial charge in [0.05, 0.1) is 6.10 Å². The van der Waals surface area contributed by atoms with Crippen LogP contribution in [0.3, 0.4) is 0 Å². The van der Waals surface area contributed by atoms with Crippen molar-refractivity contribution in [3.05, 3.63) is 29.3 Å². The second kappa shape index (κ2) is 5.11. The van der Waals surface area contributed by atoms with E-state index in [1.165, 1.54) is 6.07 Å². The van der Waals surface area contributed by atoms with Crippen LogP contribution in [0.15, 0.2) is 18.2 Å². The average molecular weight is 211 g/mol. The van der Waals surface area contributed by atoms with Gasteiger partial charge < -0.3 is 21.1 Å². The smallest absolute Gasteiger partial charge is 0.118 e. The summed E-state index contributed by atoms with van der Waals surface area (Å²) in [5.74, 6) is 0.196. The standard InChI is InChI=1S/C11H17NO3/c1-7-6-8(2-3-10(7)14)11(15)9(12)4-5-13/h2-3,6,9,11,13-15H,4-5,12H2,1H3. The summed E-state index contributed by atoms with van der Waals surface area (Å²) < 4.78 is 0. The third-order valence-electron chi connectivity index (χ3n) is 2.43. The Bertz CT molecular complexity index is 328. The van der Waals surface area contributed by atoms with Crippen molar-refractivity contribution in [1.82, 2.24) is 0 Å². The molecule has 2 unspecified atom stereocenters. The minimum absolute atomic E-state index is 0.0463. The fourth-order valence-electron chi connectivity index (χ4n) is 1.42. The molecule has 0 saturated heterocycles. The maximum absolute atomic E-state index is 9.82. The first-order valence-corrected chi connectivity index (χ1v) is 4.90. The van der Waals surface area contributed by atoms with Crippen LogP contribution in [0.1, 0.15) is 23.7 Å². The first kappa shape index (κ1) is 12.0. The zero-order valence-corrected chi connectivity index (χ0v) is 8.72. The molecule has 0 aliphatic heterocycles. The van der Waals surface area contributed by atoms with Crippen molar-refractivity contribution in [2.24, 2.45) is 5.73 Å². The summed E-state index contributed by atoms with van der Waals surface area (Å²) in [7, 11) is 0. The third kappa shape index (κ3) is 2.92. The fourth-order valence-corrected chi connectivity index (χ4v) is 1.42. The molecule has 0 aliphatic carbocycles. The molecule has 0 spiro atoms. The van der Waals surface area contributed by atoms with Gasteiger partial charge in [-0.2, -0.15) is 0 Å². The predicted octanol–water partition coefficient (Wildman–Crippen LogP) is 0.444. The maximum Gasteiger partial charge on any atom is 0.118 e. The van der Waals surface area contributed by atoms with E-state index in [1.54, 1.807) is 19.1 Å². The molecule has 1 rings (SSSR count). The molecular weight excluding hydrogens is 194 g/mol. The molecule has 0 aromatic heterocycles. The van der Waals surface area contributed by atoms with Crippen LogP contribution in [0, 0.1) is 6.92 Å².